The maximum Gasteiger partial charge on any atom is 0.128 e. The predicted molar refractivity (Wildman–Crippen MR) is 77.5 cm³/mol. The van der Waals surface area contributed by atoms with Gasteiger partial charge in [-0.15, -0.1) is 0 Å². The zero-order valence-corrected chi connectivity index (χ0v) is 12.2. The van der Waals surface area contributed by atoms with E-state index in [1.807, 2.05) is 19.1 Å². The highest BCUT2D eigenvalue weighted by Gasteiger charge is 2.28. The molecule has 0 radical (unpaired) electrons. The molecule has 1 atom stereocenters. The average Bonchev–Trinajstić information content (AvgIpc) is 2.37. The molecule has 1 aliphatic rings. The molecule has 0 bridgehead atoms. The molecule has 19 heavy (non-hydrogen) atoms. The number of nitrogens with one attached hydrogen (secondary N) is 1. The zero-order chi connectivity index (χ0) is 13.9. The van der Waals surface area contributed by atoms with Gasteiger partial charge in [0.2, 0.25) is 0 Å². The fourth-order valence-corrected chi connectivity index (χ4v) is 2.51. The third kappa shape index (κ3) is 3.48. The second kappa shape index (κ2) is 5.93. The number of benzene rings is 1. The van der Waals surface area contributed by atoms with Crippen LogP contribution in [0.5, 0.6) is 5.75 Å². The van der Waals surface area contributed by atoms with Crippen molar-refractivity contribution in [3.8, 4) is 5.75 Å². The Morgan fingerprint density at radius 2 is 2.21 bits per heavy atom. The number of rotatable bonds is 5. The molecular formula is C16H25NO2. The Morgan fingerprint density at radius 1 is 1.42 bits per heavy atom. The van der Waals surface area contributed by atoms with Crippen LogP contribution >= 0.6 is 0 Å². The van der Waals surface area contributed by atoms with Crippen LogP contribution in [0.1, 0.15) is 38.3 Å². The highest BCUT2D eigenvalue weighted by Crippen LogP contribution is 2.35. The molecule has 1 aromatic carbocycles. The highest BCUT2D eigenvalue weighted by molar-refractivity contribution is 5.45. The second-order valence-electron chi connectivity index (χ2n) is 6.04. The molecule has 1 aliphatic heterocycles. The number of fused-ring (bicyclic) bond motifs is 1. The minimum Gasteiger partial charge on any atom is -0.493 e. The van der Waals surface area contributed by atoms with Gasteiger partial charge < -0.3 is 15.2 Å². The van der Waals surface area contributed by atoms with E-state index < -0.39 is 5.60 Å². The average molecular weight is 263 g/mol. The summed E-state index contributed by atoms with van der Waals surface area (Å²) in [5.41, 5.74) is 1.23. The Morgan fingerprint density at radius 3 is 2.95 bits per heavy atom. The van der Waals surface area contributed by atoms with Crippen molar-refractivity contribution in [2.45, 2.75) is 39.2 Å². The van der Waals surface area contributed by atoms with Crippen molar-refractivity contribution in [1.29, 1.82) is 0 Å². The minimum atomic E-state index is -0.891. The lowest BCUT2D eigenvalue weighted by Gasteiger charge is -2.29. The number of hydrogen-bond donors (Lipinski definition) is 2. The van der Waals surface area contributed by atoms with Gasteiger partial charge in [0.05, 0.1) is 6.61 Å². The summed E-state index contributed by atoms with van der Waals surface area (Å²) in [5, 5.41) is 14.0. The Bertz CT molecular complexity index is 427. The molecular weight excluding hydrogens is 238 g/mol. The van der Waals surface area contributed by atoms with Gasteiger partial charge >= 0.3 is 0 Å². The molecule has 106 valence electrons. The number of hydrogen-bond acceptors (Lipinski definition) is 3. The molecule has 0 fully saturated rings. The highest BCUT2D eigenvalue weighted by atomic mass is 16.5. The van der Waals surface area contributed by atoms with E-state index in [0.29, 0.717) is 12.5 Å². The zero-order valence-electron chi connectivity index (χ0n) is 12.2. The normalized spacial score (nSPS) is 17.7. The fourth-order valence-electron chi connectivity index (χ4n) is 2.51. The molecule has 0 aliphatic carbocycles. The summed E-state index contributed by atoms with van der Waals surface area (Å²) in [6.07, 6.45) is 2.10. The summed E-state index contributed by atoms with van der Waals surface area (Å²) >= 11 is 0. The molecule has 2 N–H and O–H groups in total. The summed E-state index contributed by atoms with van der Waals surface area (Å²) in [5.74, 6) is 1.47. The van der Waals surface area contributed by atoms with E-state index in [0.717, 1.165) is 37.3 Å². The number of ether oxygens (including phenoxy) is 1. The van der Waals surface area contributed by atoms with Gasteiger partial charge in [-0.3, -0.25) is 0 Å². The fraction of sp³-hybridized carbons (Fsp3) is 0.625. The molecule has 3 nitrogen and oxygen atoms in total. The largest absolute Gasteiger partial charge is 0.493 e. The van der Waals surface area contributed by atoms with E-state index in [9.17, 15) is 5.11 Å². The van der Waals surface area contributed by atoms with E-state index in [-0.39, 0.29) is 0 Å². The number of para-hydroxylation sites is 1. The van der Waals surface area contributed by atoms with Crippen LogP contribution in [-0.4, -0.2) is 24.8 Å². The Kier molecular flexibility index (Phi) is 4.48. The first-order valence-corrected chi connectivity index (χ1v) is 7.19. The summed E-state index contributed by atoms with van der Waals surface area (Å²) in [7, 11) is 0. The van der Waals surface area contributed by atoms with Crippen molar-refractivity contribution in [3.05, 3.63) is 29.3 Å². The van der Waals surface area contributed by atoms with Crippen molar-refractivity contribution >= 4 is 0 Å². The standard InChI is InChI=1S/C16H25NO2/c1-12(2)10-17-11-16(3,18)14-8-4-6-13-7-5-9-19-15(13)14/h4,6,8,12,17-18H,5,7,9-11H2,1-3H3. The van der Waals surface area contributed by atoms with Gasteiger partial charge in [0.25, 0.3) is 0 Å². The lowest BCUT2D eigenvalue weighted by Crippen LogP contribution is -2.37. The van der Waals surface area contributed by atoms with Crippen molar-refractivity contribution in [3.63, 3.8) is 0 Å². The molecule has 2 rings (SSSR count). The summed E-state index contributed by atoms with van der Waals surface area (Å²) in [6.45, 7) is 8.38. The maximum absolute atomic E-state index is 10.7. The van der Waals surface area contributed by atoms with Crippen molar-refractivity contribution < 1.29 is 9.84 Å². The molecule has 0 saturated heterocycles. The van der Waals surface area contributed by atoms with Crippen molar-refractivity contribution in [1.82, 2.24) is 5.32 Å². The topological polar surface area (TPSA) is 41.5 Å². The third-order valence-corrected chi connectivity index (χ3v) is 3.54. The van der Waals surface area contributed by atoms with Crippen LogP contribution in [-0.2, 0) is 12.0 Å². The van der Waals surface area contributed by atoms with Gasteiger partial charge in [-0.1, -0.05) is 32.0 Å². The van der Waals surface area contributed by atoms with Crippen LogP contribution in [0.25, 0.3) is 0 Å². The Labute approximate surface area is 116 Å². The second-order valence-corrected chi connectivity index (χ2v) is 6.04. The Balaban J connectivity index is 2.15. The van der Waals surface area contributed by atoms with Crippen LogP contribution in [0, 0.1) is 5.92 Å². The van der Waals surface area contributed by atoms with Gasteiger partial charge in [0, 0.05) is 12.1 Å². The van der Waals surface area contributed by atoms with Crippen LogP contribution in [0.4, 0.5) is 0 Å². The van der Waals surface area contributed by atoms with Gasteiger partial charge in [-0.25, -0.2) is 0 Å². The maximum atomic E-state index is 10.7. The molecule has 0 aromatic heterocycles. The summed E-state index contributed by atoms with van der Waals surface area (Å²) < 4.78 is 5.78. The van der Waals surface area contributed by atoms with Gasteiger partial charge in [0.15, 0.2) is 0 Å². The van der Waals surface area contributed by atoms with Gasteiger partial charge in [-0.2, -0.15) is 0 Å². The number of aliphatic hydroxyl groups is 1. The van der Waals surface area contributed by atoms with E-state index in [1.165, 1.54) is 5.56 Å². The van der Waals surface area contributed by atoms with Crippen LogP contribution in [0.15, 0.2) is 18.2 Å². The van der Waals surface area contributed by atoms with E-state index in [1.54, 1.807) is 0 Å². The quantitative estimate of drug-likeness (QED) is 0.857. The molecule has 1 unspecified atom stereocenters. The first-order chi connectivity index (χ1) is 9.00. The van der Waals surface area contributed by atoms with Crippen molar-refractivity contribution in [2.75, 3.05) is 19.7 Å². The lowest BCUT2D eigenvalue weighted by atomic mass is 9.91. The van der Waals surface area contributed by atoms with Gasteiger partial charge in [0.1, 0.15) is 11.4 Å². The SMILES string of the molecule is CC(C)CNCC(C)(O)c1cccc2c1OCCC2. The van der Waals surface area contributed by atoms with Crippen LogP contribution in [0.2, 0.25) is 0 Å². The lowest BCUT2D eigenvalue weighted by molar-refractivity contribution is 0.0524. The molecule has 3 heteroatoms. The first-order valence-electron chi connectivity index (χ1n) is 7.19. The predicted octanol–water partition coefficient (Wildman–Crippen LogP) is 2.46. The smallest absolute Gasteiger partial charge is 0.128 e. The van der Waals surface area contributed by atoms with Gasteiger partial charge in [-0.05, 0) is 37.8 Å². The number of aryl methyl sites for hydroxylation is 1. The Hall–Kier alpha value is -1.06. The van der Waals surface area contributed by atoms with Crippen LogP contribution in [0.3, 0.4) is 0 Å². The summed E-state index contributed by atoms with van der Waals surface area (Å²) in [6, 6.07) is 6.08. The van der Waals surface area contributed by atoms with E-state index >= 15 is 0 Å². The third-order valence-electron chi connectivity index (χ3n) is 3.54. The molecule has 0 amide bonds. The van der Waals surface area contributed by atoms with Crippen molar-refractivity contribution in [2.24, 2.45) is 5.92 Å². The first kappa shape index (κ1) is 14.4. The van der Waals surface area contributed by atoms with E-state index in [4.69, 9.17) is 4.74 Å². The summed E-state index contributed by atoms with van der Waals surface area (Å²) in [4.78, 5) is 0. The molecule has 1 aromatic rings. The molecule has 0 spiro atoms. The minimum absolute atomic E-state index is 0.547. The van der Waals surface area contributed by atoms with E-state index in [2.05, 4.69) is 25.2 Å². The molecule has 1 heterocycles. The molecule has 0 saturated carbocycles. The van der Waals surface area contributed by atoms with Crippen LogP contribution < -0.4 is 10.1 Å². The monoisotopic (exact) mass is 263 g/mol.